The summed E-state index contributed by atoms with van der Waals surface area (Å²) in [5, 5.41) is 19.6. The van der Waals surface area contributed by atoms with Crippen LogP contribution < -0.4 is 10.6 Å². The average Bonchev–Trinajstić information content (AvgIpc) is 3.32. The zero-order valence-electron chi connectivity index (χ0n) is 15.9. The smallest absolute Gasteiger partial charge is 0.302 e. The molecule has 1 aliphatic heterocycles. The maximum absolute atomic E-state index is 12.6. The fourth-order valence-electron chi connectivity index (χ4n) is 3.54. The minimum Gasteiger partial charge on any atom is -0.361 e. The van der Waals surface area contributed by atoms with Crippen LogP contribution in [0.3, 0.4) is 0 Å². The number of hydrogen-bond acceptors (Lipinski definition) is 7. The van der Waals surface area contributed by atoms with Crippen LogP contribution in [0, 0.1) is 0 Å². The van der Waals surface area contributed by atoms with Crippen LogP contribution in [0.25, 0.3) is 0 Å². The van der Waals surface area contributed by atoms with Crippen molar-refractivity contribution < 1.29 is 23.2 Å². The second kappa shape index (κ2) is 8.37. The molecule has 0 radical (unpaired) electrons. The zero-order valence-corrected chi connectivity index (χ0v) is 16.7. The molecule has 3 rings (SSSR count). The molecule has 2 aromatic rings. The number of carbonyl (C=O) groups excluding carboxylic acids is 1. The molecule has 11 nitrogen and oxygen atoms in total. The van der Waals surface area contributed by atoms with Crippen LogP contribution in [-0.2, 0) is 22.1 Å². The highest BCUT2D eigenvalue weighted by Gasteiger charge is 2.31. The van der Waals surface area contributed by atoms with Gasteiger partial charge in [-0.2, -0.15) is 13.5 Å². The molecule has 1 saturated heterocycles. The third-order valence-corrected chi connectivity index (χ3v) is 5.73. The Bertz CT molecular complexity index is 990. The maximum Gasteiger partial charge on any atom is 0.302 e. The van der Waals surface area contributed by atoms with Gasteiger partial charge in [-0.25, -0.2) is 13.9 Å². The van der Waals surface area contributed by atoms with Gasteiger partial charge in [0.15, 0.2) is 0 Å². The fourth-order valence-corrected chi connectivity index (χ4v) is 4.24. The Kier molecular flexibility index (Phi) is 6.07. The van der Waals surface area contributed by atoms with Crippen LogP contribution in [0.2, 0.25) is 0 Å². The van der Waals surface area contributed by atoms with E-state index in [1.165, 1.54) is 18.6 Å². The topological polar surface area (TPSA) is 145 Å². The molecule has 1 fully saturated rings. The number of aliphatic hydroxyl groups is 1. The number of aliphatic hydroxyl groups excluding tert-OH is 1. The first kappa shape index (κ1) is 21.0. The van der Waals surface area contributed by atoms with Crippen molar-refractivity contribution >= 4 is 16.1 Å². The molecule has 12 heteroatoms. The van der Waals surface area contributed by atoms with Gasteiger partial charge < -0.3 is 10.0 Å². The van der Waals surface area contributed by atoms with E-state index in [0.29, 0.717) is 37.1 Å². The average molecular weight is 424 g/mol. The van der Waals surface area contributed by atoms with Crippen molar-refractivity contribution in [2.45, 2.75) is 25.0 Å². The molecule has 1 amide bonds. The standard InChI is InChI=1S/C17H24N6O5S/c1-3-20-28-17(25)15-14(6-9-23(15)29(18,26)27)12-4-7-22(8-5-12)16(24)13-10-19-21(2)11-13/h3,6,9-12,17,20,25H,1,4-5,7-8H2,2H3,(H2,18,26,27). The van der Waals surface area contributed by atoms with Gasteiger partial charge in [0, 0.05) is 38.7 Å². The van der Waals surface area contributed by atoms with Gasteiger partial charge in [-0.3, -0.25) is 15.0 Å². The highest BCUT2D eigenvalue weighted by molar-refractivity contribution is 7.87. The predicted molar refractivity (Wildman–Crippen MR) is 103 cm³/mol. The van der Waals surface area contributed by atoms with Crippen molar-refractivity contribution in [2.75, 3.05) is 13.1 Å². The molecule has 0 spiro atoms. The highest BCUT2D eigenvalue weighted by Crippen LogP contribution is 2.34. The van der Waals surface area contributed by atoms with Crippen LogP contribution in [0.1, 0.15) is 46.7 Å². The van der Waals surface area contributed by atoms with Crippen molar-refractivity contribution in [1.29, 1.82) is 0 Å². The number of carbonyl (C=O) groups is 1. The lowest BCUT2D eigenvalue weighted by molar-refractivity contribution is -0.140. The third-order valence-electron chi connectivity index (χ3n) is 4.87. The van der Waals surface area contributed by atoms with E-state index >= 15 is 0 Å². The molecule has 4 N–H and O–H groups in total. The van der Waals surface area contributed by atoms with Gasteiger partial charge in [-0.05, 0) is 30.4 Å². The van der Waals surface area contributed by atoms with Gasteiger partial charge in [0.05, 0.1) is 17.5 Å². The van der Waals surface area contributed by atoms with Gasteiger partial charge in [0.25, 0.3) is 5.91 Å². The summed E-state index contributed by atoms with van der Waals surface area (Å²) in [7, 11) is -2.38. The van der Waals surface area contributed by atoms with Crippen LogP contribution in [0.15, 0.2) is 37.4 Å². The number of likely N-dealkylation sites (tertiary alicyclic amines) is 1. The number of nitrogens with zero attached hydrogens (tertiary/aromatic N) is 4. The largest absolute Gasteiger partial charge is 0.361 e. The first-order valence-corrected chi connectivity index (χ1v) is 10.4. The molecule has 29 heavy (non-hydrogen) atoms. The Morgan fingerprint density at radius 3 is 2.72 bits per heavy atom. The molecule has 1 aliphatic rings. The van der Waals surface area contributed by atoms with Gasteiger partial charge in [-0.15, -0.1) is 0 Å². The van der Waals surface area contributed by atoms with Crippen molar-refractivity contribution in [3.8, 4) is 0 Å². The summed E-state index contributed by atoms with van der Waals surface area (Å²) in [6.45, 7) is 4.38. The Morgan fingerprint density at radius 2 is 2.17 bits per heavy atom. The van der Waals surface area contributed by atoms with Crippen LogP contribution in [0.5, 0.6) is 0 Å². The minimum atomic E-state index is -4.13. The van der Waals surface area contributed by atoms with Gasteiger partial charge in [-0.1, -0.05) is 6.58 Å². The molecule has 158 valence electrons. The fraction of sp³-hybridized carbons (Fsp3) is 0.412. The number of nitrogens with one attached hydrogen (secondary N) is 1. The number of hydroxylamine groups is 1. The number of aromatic nitrogens is 3. The summed E-state index contributed by atoms with van der Waals surface area (Å²) in [6.07, 6.45) is 5.29. The molecule has 0 aliphatic carbocycles. The van der Waals surface area contributed by atoms with E-state index in [0.717, 1.165) is 3.97 Å². The Morgan fingerprint density at radius 1 is 1.48 bits per heavy atom. The molecular formula is C17H24N6O5S. The van der Waals surface area contributed by atoms with E-state index in [9.17, 15) is 18.3 Å². The molecule has 0 bridgehead atoms. The first-order valence-electron chi connectivity index (χ1n) is 8.95. The number of rotatable bonds is 7. The summed E-state index contributed by atoms with van der Waals surface area (Å²) >= 11 is 0. The summed E-state index contributed by atoms with van der Waals surface area (Å²) < 4.78 is 26.2. The lowest BCUT2D eigenvalue weighted by Crippen LogP contribution is -2.38. The van der Waals surface area contributed by atoms with Gasteiger partial charge in [0.1, 0.15) is 0 Å². The van der Waals surface area contributed by atoms with Crippen molar-refractivity contribution in [3.05, 3.63) is 54.3 Å². The van der Waals surface area contributed by atoms with Crippen LogP contribution in [-0.4, -0.2) is 51.2 Å². The molecule has 2 aromatic heterocycles. The number of aryl methyl sites for hydroxylation is 1. The predicted octanol–water partition coefficient (Wildman–Crippen LogP) is -0.0514. The number of amides is 1. The number of nitrogens with two attached hydrogens (primary N) is 1. The lowest BCUT2D eigenvalue weighted by Gasteiger charge is -2.32. The Labute approximate surface area is 168 Å². The van der Waals surface area contributed by atoms with Crippen molar-refractivity contribution in [2.24, 2.45) is 12.2 Å². The van der Waals surface area contributed by atoms with Gasteiger partial charge >= 0.3 is 10.2 Å². The van der Waals surface area contributed by atoms with Crippen LogP contribution in [0.4, 0.5) is 0 Å². The minimum absolute atomic E-state index is 0.0267. The first-order chi connectivity index (χ1) is 13.7. The Hall–Kier alpha value is -2.67. The third kappa shape index (κ3) is 4.50. The maximum atomic E-state index is 12.6. The van der Waals surface area contributed by atoms with Gasteiger partial charge in [0.2, 0.25) is 6.29 Å². The Balaban J connectivity index is 1.78. The quantitative estimate of drug-likeness (QED) is 0.417. The van der Waals surface area contributed by atoms with Crippen molar-refractivity contribution in [1.82, 2.24) is 24.1 Å². The van der Waals surface area contributed by atoms with E-state index in [-0.39, 0.29) is 17.5 Å². The summed E-state index contributed by atoms with van der Waals surface area (Å²) in [5.74, 6) is -0.176. The second-order valence-electron chi connectivity index (χ2n) is 6.76. The molecule has 0 aromatic carbocycles. The number of piperidine rings is 1. The summed E-state index contributed by atoms with van der Waals surface area (Å²) in [4.78, 5) is 19.3. The molecule has 0 saturated carbocycles. The van der Waals surface area contributed by atoms with Crippen LogP contribution >= 0.6 is 0 Å². The van der Waals surface area contributed by atoms with E-state index in [1.54, 1.807) is 28.9 Å². The normalized spacial score (nSPS) is 16.6. The molecular weight excluding hydrogens is 400 g/mol. The molecule has 1 atom stereocenters. The highest BCUT2D eigenvalue weighted by atomic mass is 32.2. The lowest BCUT2D eigenvalue weighted by atomic mass is 9.89. The summed E-state index contributed by atoms with van der Waals surface area (Å²) in [5.41, 5.74) is 3.44. The SMILES string of the molecule is C=CNOC(O)c1c(C2CCN(C(=O)c3cnn(C)c3)CC2)ccn1S(N)(=O)=O. The van der Waals surface area contributed by atoms with E-state index < -0.39 is 16.5 Å². The van der Waals surface area contributed by atoms with E-state index in [4.69, 9.17) is 9.98 Å². The molecule has 3 heterocycles. The number of hydrogen-bond donors (Lipinski definition) is 3. The zero-order chi connectivity index (χ0) is 21.2. The second-order valence-corrected chi connectivity index (χ2v) is 8.18. The van der Waals surface area contributed by atoms with Crippen molar-refractivity contribution in [3.63, 3.8) is 0 Å². The molecule has 1 unspecified atom stereocenters. The summed E-state index contributed by atoms with van der Waals surface area (Å²) in [6, 6.07) is 1.60. The van der Waals surface area contributed by atoms with E-state index in [1.807, 2.05) is 0 Å². The monoisotopic (exact) mass is 424 g/mol. The van der Waals surface area contributed by atoms with E-state index in [2.05, 4.69) is 17.2 Å².